The maximum atomic E-state index is 5.80. The van der Waals surface area contributed by atoms with Gasteiger partial charge in [0.25, 0.3) is 0 Å². The van der Waals surface area contributed by atoms with Crippen molar-refractivity contribution in [2.24, 2.45) is 0 Å². The number of hydrogen-bond acceptors (Lipinski definition) is 2. The van der Waals surface area contributed by atoms with Gasteiger partial charge in [0, 0.05) is 0 Å². The fourth-order valence-electron chi connectivity index (χ4n) is 18.4. The van der Waals surface area contributed by atoms with E-state index in [0.29, 0.717) is 45.8 Å². The van der Waals surface area contributed by atoms with E-state index >= 15 is 0 Å². The van der Waals surface area contributed by atoms with Crippen molar-refractivity contribution in [1.29, 1.82) is 0 Å². The molecule has 0 heterocycles. The first kappa shape index (κ1) is 84.7. The summed E-state index contributed by atoms with van der Waals surface area (Å²) in [7, 11) is 2.96. The molecule has 8 aromatic carbocycles. The van der Waals surface area contributed by atoms with Crippen LogP contribution in [0.2, 0.25) is 0 Å². The first-order chi connectivity index (χ1) is 50.7. The molecule has 0 radical (unpaired) electrons. The molecule has 0 aromatic heterocycles. The monoisotopic (exact) mass is 1480 g/mol. The highest BCUT2D eigenvalue weighted by Crippen LogP contribution is 2.61. The Morgan fingerprint density at radius 2 is 0.594 bits per heavy atom. The first-order valence-electron chi connectivity index (χ1n) is 42.1. The second-order valence-corrected chi connectivity index (χ2v) is 44.9. The van der Waals surface area contributed by atoms with E-state index in [2.05, 4.69) is 295 Å². The van der Waals surface area contributed by atoms with Gasteiger partial charge >= 0.3 is 0 Å². The predicted octanol–water partition coefficient (Wildman–Crippen LogP) is 30.7. The van der Waals surface area contributed by atoms with Crippen molar-refractivity contribution in [3.05, 3.63) is 209 Å². The second-order valence-electron chi connectivity index (χ2n) is 35.5. The summed E-state index contributed by atoms with van der Waals surface area (Å²) in [6.07, 6.45) is 28.8. The van der Waals surface area contributed by atoms with E-state index in [0.717, 1.165) is 39.7 Å². The summed E-state index contributed by atoms with van der Waals surface area (Å²) >= 11 is 0. The highest BCUT2D eigenvalue weighted by molar-refractivity contribution is 7.69. The smallest absolute Gasteiger partial charge is 0.130 e. The SMILES string of the molecule is CC(C)(C)P(c1ccccc1-c1ccccc1)C(C)(C)C.CC(C)c1cc(C(C)C)c(-c2ccccc2P(C2CCCCC2)C2CCCCC2)c(C(C)C)c1.COc1cccc(OC)c1-c1ccccc1P(C1CCCCC1)C1CCCCC1.Cc1ccccc1-c1c(C(C)C)cc(C(C)C)cc1C(C)C. The lowest BCUT2D eigenvalue weighted by atomic mass is 9.81. The third-order valence-electron chi connectivity index (χ3n) is 23.5. The molecule has 0 bridgehead atoms. The Balaban J connectivity index is 0.000000167. The summed E-state index contributed by atoms with van der Waals surface area (Å²) in [5.74, 6) is 5.11. The Bertz CT molecular complexity index is 3850. The van der Waals surface area contributed by atoms with E-state index < -0.39 is 0 Å². The van der Waals surface area contributed by atoms with Crippen molar-refractivity contribution in [2.75, 3.05) is 14.2 Å². The highest BCUT2D eigenvalue weighted by atomic mass is 31.1. The maximum absolute atomic E-state index is 5.80. The Morgan fingerprint density at radius 3 is 0.915 bits per heavy atom. The topological polar surface area (TPSA) is 18.5 Å². The lowest BCUT2D eigenvalue weighted by molar-refractivity contribution is 0.397. The van der Waals surface area contributed by atoms with Gasteiger partial charge in [0.05, 0.1) is 19.8 Å². The van der Waals surface area contributed by atoms with Crippen molar-refractivity contribution in [3.63, 3.8) is 0 Å². The number of ether oxygens (including phenoxy) is 2. The molecule has 106 heavy (non-hydrogen) atoms. The van der Waals surface area contributed by atoms with Gasteiger partial charge in [-0.25, -0.2) is 0 Å². The van der Waals surface area contributed by atoms with Gasteiger partial charge in [-0.15, -0.1) is 0 Å². The number of hydrogen-bond donors (Lipinski definition) is 0. The van der Waals surface area contributed by atoms with E-state index in [1.54, 1.807) is 47.1 Å². The minimum Gasteiger partial charge on any atom is -0.496 e. The predicted molar refractivity (Wildman–Crippen MR) is 477 cm³/mol. The quantitative estimate of drug-likeness (QED) is 0.0751. The Hall–Kier alpha value is -5.35. The molecule has 0 aliphatic heterocycles. The molecule has 2 nitrogen and oxygen atoms in total. The third kappa shape index (κ3) is 21.6. The molecule has 0 unspecified atom stereocenters. The van der Waals surface area contributed by atoms with Crippen molar-refractivity contribution in [1.82, 2.24) is 0 Å². The van der Waals surface area contributed by atoms with Gasteiger partial charge in [-0.2, -0.15) is 0 Å². The standard InChI is InChI=1S/C33H49P.C26H35O2P.C22H30.C20H27P/c1-23(2)26-21-30(24(3)4)33(31(22-26)25(5)6)29-19-13-14-20-32(29)34(27-15-9-7-10-16-27)28-17-11-8-12-18-28;1-27-23-17-11-18-24(28-2)26(23)22-16-9-10-19-25(22)29(20-12-5-3-6-13-20)21-14-7-4-8-15-21;1-14(2)18-12-20(15(3)4)22(21(13-18)16(5)6)19-11-9-8-10-17(19)7;1-19(2,3)21(20(4,5)6)18-15-11-10-14-17(18)16-12-8-7-9-13-16/h13-14,19-25,27-28H,7-12,15-18H2,1-6H3;9-11,16-21H,3-8,12-15H2,1-2H3;8-16H,1-7H3;7-15H,1-6H3. The van der Waals surface area contributed by atoms with Crippen molar-refractivity contribution in [2.45, 2.75) is 328 Å². The molecule has 0 spiro atoms. The van der Waals surface area contributed by atoms with Crippen molar-refractivity contribution >= 4 is 39.7 Å². The van der Waals surface area contributed by atoms with Crippen molar-refractivity contribution in [3.8, 4) is 56.0 Å². The normalized spacial score (nSPS) is 16.0. The van der Waals surface area contributed by atoms with Crippen LogP contribution < -0.4 is 25.4 Å². The van der Waals surface area contributed by atoms with Crippen LogP contribution in [0.3, 0.4) is 0 Å². The number of aryl methyl sites for hydroxylation is 1. The minimum absolute atomic E-state index is 0.120. The van der Waals surface area contributed by atoms with E-state index in [1.807, 2.05) is 6.07 Å². The van der Waals surface area contributed by atoms with Crippen LogP contribution in [0.4, 0.5) is 0 Å². The summed E-state index contributed by atoms with van der Waals surface area (Å²) in [5.41, 5.74) is 25.3. The van der Waals surface area contributed by atoms with Crippen molar-refractivity contribution < 1.29 is 9.47 Å². The molecule has 0 saturated heterocycles. The van der Waals surface area contributed by atoms with Crippen LogP contribution in [0.5, 0.6) is 11.5 Å². The average Bonchev–Trinajstić information content (AvgIpc) is 0.740. The Kier molecular flexibility index (Phi) is 32.0. The van der Waals surface area contributed by atoms with Crippen LogP contribution in [0, 0.1) is 6.92 Å². The molecule has 0 atom stereocenters. The number of benzene rings is 8. The summed E-state index contributed by atoms with van der Waals surface area (Å²) in [6, 6.07) is 63.6. The molecule has 0 N–H and O–H groups in total. The van der Waals surface area contributed by atoms with Gasteiger partial charge in [0.2, 0.25) is 0 Å². The Morgan fingerprint density at radius 1 is 0.302 bits per heavy atom. The molecule has 4 fully saturated rings. The van der Waals surface area contributed by atoms with E-state index in [4.69, 9.17) is 9.47 Å². The number of methoxy groups -OCH3 is 2. The maximum Gasteiger partial charge on any atom is 0.130 e. The molecule has 0 amide bonds. The first-order valence-corrected chi connectivity index (χ1v) is 46.4. The largest absolute Gasteiger partial charge is 0.496 e. The summed E-state index contributed by atoms with van der Waals surface area (Å²) < 4.78 is 11.6. The molecule has 4 aliphatic carbocycles. The lowest BCUT2D eigenvalue weighted by Gasteiger charge is -2.42. The average molecular weight is 1480 g/mol. The molecule has 8 aromatic rings. The van der Waals surface area contributed by atoms with Gasteiger partial charge in [0.1, 0.15) is 11.5 Å². The van der Waals surface area contributed by atoms with Crippen LogP contribution >= 0.6 is 23.8 Å². The van der Waals surface area contributed by atoms with E-state index in [9.17, 15) is 0 Å². The van der Waals surface area contributed by atoms with Gasteiger partial charge in [-0.05, 0) is 233 Å². The number of rotatable bonds is 19. The summed E-state index contributed by atoms with van der Waals surface area (Å²) in [5, 5.41) is 5.44. The summed E-state index contributed by atoms with van der Waals surface area (Å²) in [4.78, 5) is 0. The van der Waals surface area contributed by atoms with Crippen LogP contribution in [-0.4, -0.2) is 47.2 Å². The zero-order valence-electron chi connectivity index (χ0n) is 70.2. The lowest BCUT2D eigenvalue weighted by Crippen LogP contribution is -2.31. The molecule has 4 aliphatic rings. The van der Waals surface area contributed by atoms with Gasteiger partial charge in [-0.1, -0.05) is 383 Å². The third-order valence-corrected chi connectivity index (χ3v) is 34.1. The highest BCUT2D eigenvalue weighted by Gasteiger charge is 2.39. The van der Waals surface area contributed by atoms with Crippen LogP contribution in [0.25, 0.3) is 44.5 Å². The van der Waals surface area contributed by atoms with E-state index in [1.165, 1.54) is 189 Å². The minimum atomic E-state index is -0.282. The van der Waals surface area contributed by atoms with Crippen LogP contribution in [0.15, 0.2) is 170 Å². The van der Waals surface area contributed by atoms with Crippen LogP contribution in [-0.2, 0) is 0 Å². The zero-order valence-corrected chi connectivity index (χ0v) is 72.9. The molecular weight excluding hydrogens is 1340 g/mol. The molecular formula is C101H141O2P3. The Labute approximate surface area is 652 Å². The molecule has 12 rings (SSSR count). The van der Waals surface area contributed by atoms with Gasteiger partial charge in [-0.3, -0.25) is 0 Å². The second kappa shape index (κ2) is 40.0. The van der Waals surface area contributed by atoms with E-state index in [-0.39, 0.29) is 23.8 Å². The van der Waals surface area contributed by atoms with Gasteiger partial charge < -0.3 is 9.47 Å². The fourth-order valence-corrected chi connectivity index (χ4v) is 30.4. The summed E-state index contributed by atoms with van der Waals surface area (Å²) in [6.45, 7) is 44.6. The van der Waals surface area contributed by atoms with Crippen LogP contribution in [0.1, 0.15) is 327 Å². The zero-order chi connectivity index (χ0) is 76.4. The molecule has 572 valence electrons. The van der Waals surface area contributed by atoms with Gasteiger partial charge in [0.15, 0.2) is 0 Å². The molecule has 5 heteroatoms. The molecule has 4 saturated carbocycles. The fraction of sp³-hybridized carbons (Fsp3) is 0.525.